The van der Waals surface area contributed by atoms with Crippen molar-refractivity contribution in [2.45, 2.75) is 24.9 Å². The second-order valence-corrected chi connectivity index (χ2v) is 5.05. The maximum absolute atomic E-state index is 12.5. The Balaban J connectivity index is 2.49. The van der Waals surface area contributed by atoms with Crippen LogP contribution < -0.4 is 0 Å². The van der Waals surface area contributed by atoms with E-state index in [0.29, 0.717) is 0 Å². The molecule has 0 heterocycles. The second-order valence-electron chi connectivity index (χ2n) is 4.53. The molecule has 19 heavy (non-hydrogen) atoms. The van der Waals surface area contributed by atoms with Gasteiger partial charge >= 0.3 is 6.18 Å². The first-order chi connectivity index (χ1) is 8.79. The van der Waals surface area contributed by atoms with Gasteiger partial charge in [-0.1, -0.05) is 12.1 Å². The molecule has 0 saturated carbocycles. The molecule has 2 aromatic carbocycles. The Morgan fingerprint density at radius 2 is 1.37 bits per heavy atom. The van der Waals surface area contributed by atoms with Gasteiger partial charge in [-0.25, -0.2) is 0 Å². The van der Waals surface area contributed by atoms with Gasteiger partial charge in [-0.3, -0.25) is 0 Å². The summed E-state index contributed by atoms with van der Waals surface area (Å²) in [6, 6.07) is 9.06. The number of hydrogen-bond acceptors (Lipinski definition) is 1. The fourth-order valence-electron chi connectivity index (χ4n) is 2.22. The van der Waals surface area contributed by atoms with E-state index in [1.165, 1.54) is 12.1 Å². The number of aryl methyl sites for hydroxylation is 2. The zero-order chi connectivity index (χ0) is 14.2. The molecule has 0 bridgehead atoms. The molecule has 4 heteroatoms. The van der Waals surface area contributed by atoms with Gasteiger partial charge in [0.25, 0.3) is 0 Å². The molecule has 0 aliphatic rings. The average molecular weight is 282 g/mol. The van der Waals surface area contributed by atoms with Gasteiger partial charge in [0.1, 0.15) is 0 Å². The minimum atomic E-state index is -4.29. The van der Waals surface area contributed by atoms with Crippen LogP contribution in [0.2, 0.25) is 0 Å². The molecule has 0 aliphatic heterocycles. The molecule has 0 N–H and O–H groups in total. The van der Waals surface area contributed by atoms with Crippen LogP contribution in [-0.4, -0.2) is 0 Å². The minimum absolute atomic E-state index is 0.627. The van der Waals surface area contributed by atoms with Gasteiger partial charge < -0.3 is 0 Å². The van der Waals surface area contributed by atoms with E-state index in [1.807, 2.05) is 26.0 Å². The monoisotopic (exact) mass is 282 g/mol. The van der Waals surface area contributed by atoms with Crippen molar-refractivity contribution in [3.63, 3.8) is 0 Å². The molecule has 2 rings (SSSR count). The van der Waals surface area contributed by atoms with E-state index in [1.54, 1.807) is 0 Å². The third-order valence-corrected chi connectivity index (χ3v) is 3.28. The van der Waals surface area contributed by atoms with Crippen LogP contribution in [0.4, 0.5) is 13.2 Å². The number of benzene rings is 2. The van der Waals surface area contributed by atoms with Crippen LogP contribution in [0.3, 0.4) is 0 Å². The molecule has 0 saturated heterocycles. The Morgan fingerprint density at radius 1 is 0.895 bits per heavy atom. The molecule has 0 nitrogen and oxygen atoms in total. The summed E-state index contributed by atoms with van der Waals surface area (Å²) in [5.74, 6) is 0. The zero-order valence-electron chi connectivity index (χ0n) is 10.5. The van der Waals surface area contributed by atoms with Crippen LogP contribution in [-0.2, 0) is 6.18 Å². The smallest absolute Gasteiger partial charge is 0.166 e. The molecule has 0 amide bonds. The summed E-state index contributed by atoms with van der Waals surface area (Å²) in [7, 11) is 0. The summed E-state index contributed by atoms with van der Waals surface area (Å²) in [6.45, 7) is 3.86. The largest absolute Gasteiger partial charge is 0.416 e. The lowest BCUT2D eigenvalue weighted by Gasteiger charge is -2.12. The maximum atomic E-state index is 12.5. The van der Waals surface area contributed by atoms with E-state index in [-0.39, 0.29) is 0 Å². The maximum Gasteiger partial charge on any atom is 0.416 e. The Kier molecular flexibility index (Phi) is 3.63. The highest BCUT2D eigenvalue weighted by molar-refractivity contribution is 7.80. The van der Waals surface area contributed by atoms with E-state index in [4.69, 9.17) is 0 Å². The van der Waals surface area contributed by atoms with Crippen LogP contribution >= 0.6 is 12.6 Å². The third-order valence-electron chi connectivity index (χ3n) is 3.02. The average Bonchev–Trinajstić information content (AvgIpc) is 2.27. The van der Waals surface area contributed by atoms with Crippen molar-refractivity contribution in [1.82, 2.24) is 0 Å². The summed E-state index contributed by atoms with van der Waals surface area (Å²) in [6.07, 6.45) is -4.29. The minimum Gasteiger partial charge on any atom is -0.166 e. The molecule has 0 aliphatic carbocycles. The predicted molar refractivity (Wildman–Crippen MR) is 73.6 cm³/mol. The first-order valence-corrected chi connectivity index (χ1v) is 6.21. The van der Waals surface area contributed by atoms with E-state index >= 15 is 0 Å². The Hall–Kier alpha value is -1.42. The molecule has 100 valence electrons. The number of halogens is 3. The number of hydrogen-bond donors (Lipinski definition) is 1. The van der Waals surface area contributed by atoms with Gasteiger partial charge in [0.2, 0.25) is 0 Å². The molecule has 0 unspecified atom stereocenters. The fraction of sp³-hybridized carbons (Fsp3) is 0.200. The van der Waals surface area contributed by atoms with Crippen molar-refractivity contribution in [2.75, 3.05) is 0 Å². The second kappa shape index (κ2) is 4.93. The molecule has 0 aromatic heterocycles. The van der Waals surface area contributed by atoms with Crippen LogP contribution in [0, 0.1) is 13.8 Å². The lowest BCUT2D eigenvalue weighted by Crippen LogP contribution is -2.04. The highest BCUT2D eigenvalue weighted by atomic mass is 32.1. The lowest BCUT2D eigenvalue weighted by molar-refractivity contribution is -0.137. The Bertz CT molecular complexity index is 575. The Labute approximate surface area is 115 Å². The van der Waals surface area contributed by atoms with Crippen molar-refractivity contribution in [3.05, 3.63) is 53.1 Å². The summed E-state index contributed by atoms with van der Waals surface area (Å²) in [4.78, 5) is 0.852. The lowest BCUT2D eigenvalue weighted by atomic mass is 9.95. The first-order valence-electron chi connectivity index (χ1n) is 5.77. The summed E-state index contributed by atoms with van der Waals surface area (Å²) in [5.41, 5.74) is 3.13. The quantitative estimate of drug-likeness (QED) is 0.676. The van der Waals surface area contributed by atoms with E-state index in [9.17, 15) is 13.2 Å². The zero-order valence-corrected chi connectivity index (χ0v) is 11.4. The molecule has 0 radical (unpaired) electrons. The standard InChI is InChI=1S/C15H13F3S/c1-9-7-13(19)8-10(2)14(9)11-3-5-12(6-4-11)15(16,17)18/h3-8,19H,1-2H3. The molecule has 0 spiro atoms. The van der Waals surface area contributed by atoms with Crippen molar-refractivity contribution >= 4 is 12.6 Å². The summed E-state index contributed by atoms with van der Waals surface area (Å²) in [5, 5.41) is 0. The normalized spacial score (nSPS) is 11.7. The molecule has 2 aromatic rings. The van der Waals surface area contributed by atoms with E-state index in [0.717, 1.165) is 39.3 Å². The van der Waals surface area contributed by atoms with Gasteiger partial charge in [-0.05, 0) is 60.4 Å². The first kappa shape index (κ1) is 14.0. The predicted octanol–water partition coefficient (Wildman–Crippen LogP) is 5.28. The molecular formula is C15H13F3S. The van der Waals surface area contributed by atoms with Gasteiger partial charge in [0.05, 0.1) is 5.56 Å². The highest BCUT2D eigenvalue weighted by Crippen LogP contribution is 2.33. The number of alkyl halides is 3. The van der Waals surface area contributed by atoms with Gasteiger partial charge in [0.15, 0.2) is 0 Å². The van der Waals surface area contributed by atoms with Gasteiger partial charge in [0, 0.05) is 4.90 Å². The molecule has 0 atom stereocenters. The van der Waals surface area contributed by atoms with Crippen molar-refractivity contribution in [3.8, 4) is 11.1 Å². The van der Waals surface area contributed by atoms with Crippen LogP contribution in [0.15, 0.2) is 41.3 Å². The fourth-order valence-corrected chi connectivity index (χ4v) is 2.61. The summed E-state index contributed by atoms with van der Waals surface area (Å²) >= 11 is 4.29. The van der Waals surface area contributed by atoms with E-state index < -0.39 is 11.7 Å². The van der Waals surface area contributed by atoms with Gasteiger partial charge in [-0.15, -0.1) is 12.6 Å². The number of thiol groups is 1. The Morgan fingerprint density at radius 3 is 1.79 bits per heavy atom. The van der Waals surface area contributed by atoms with E-state index in [2.05, 4.69) is 12.6 Å². The van der Waals surface area contributed by atoms with Crippen LogP contribution in [0.5, 0.6) is 0 Å². The van der Waals surface area contributed by atoms with Crippen LogP contribution in [0.25, 0.3) is 11.1 Å². The van der Waals surface area contributed by atoms with Crippen molar-refractivity contribution in [2.24, 2.45) is 0 Å². The van der Waals surface area contributed by atoms with Crippen LogP contribution in [0.1, 0.15) is 16.7 Å². The van der Waals surface area contributed by atoms with Crippen molar-refractivity contribution < 1.29 is 13.2 Å². The summed E-state index contributed by atoms with van der Waals surface area (Å²) < 4.78 is 37.6. The third kappa shape index (κ3) is 2.95. The highest BCUT2D eigenvalue weighted by Gasteiger charge is 2.30. The van der Waals surface area contributed by atoms with Crippen molar-refractivity contribution in [1.29, 1.82) is 0 Å². The van der Waals surface area contributed by atoms with Gasteiger partial charge in [-0.2, -0.15) is 13.2 Å². The number of rotatable bonds is 1. The topological polar surface area (TPSA) is 0 Å². The molecular weight excluding hydrogens is 269 g/mol. The molecule has 0 fully saturated rings. The SMILES string of the molecule is Cc1cc(S)cc(C)c1-c1ccc(C(F)(F)F)cc1.